The zero-order valence-corrected chi connectivity index (χ0v) is 7.90. The number of benzene rings is 1. The van der Waals surface area contributed by atoms with Gasteiger partial charge in [0.1, 0.15) is 5.75 Å². The topological polar surface area (TPSA) is 9.23 Å². The molecule has 1 nitrogen and oxygen atoms in total. The van der Waals surface area contributed by atoms with Gasteiger partial charge in [-0.05, 0) is 12.1 Å². The highest BCUT2D eigenvalue weighted by atomic mass is 35.5. The highest BCUT2D eigenvalue weighted by molar-refractivity contribution is 7.80. The van der Waals surface area contributed by atoms with Gasteiger partial charge >= 0.3 is 0 Å². The summed E-state index contributed by atoms with van der Waals surface area (Å²) >= 11 is 14.9. The van der Waals surface area contributed by atoms with E-state index in [2.05, 4.69) is 12.6 Å². The Morgan fingerprint density at radius 2 is 1.91 bits per heavy atom. The quantitative estimate of drug-likeness (QED) is 0.581. The van der Waals surface area contributed by atoms with Crippen molar-refractivity contribution < 1.29 is 4.74 Å². The molecular weight excluding hydrogens is 203 g/mol. The first kappa shape index (κ1) is 9.04. The summed E-state index contributed by atoms with van der Waals surface area (Å²) in [6.45, 7) is 0. The predicted octanol–water partition coefficient (Wildman–Crippen LogP) is 3.12. The Bertz CT molecular complexity index is 240. The van der Waals surface area contributed by atoms with Crippen LogP contribution in [-0.4, -0.2) is 5.02 Å². The molecule has 11 heavy (non-hydrogen) atoms. The Balaban J connectivity index is 2.78. The normalized spacial score (nSPS) is 10.2. The highest BCUT2D eigenvalue weighted by Crippen LogP contribution is 2.23. The summed E-state index contributed by atoms with van der Waals surface area (Å²) in [5, 5.41) is -0.844. The first-order chi connectivity index (χ1) is 5.20. The van der Waals surface area contributed by atoms with Crippen molar-refractivity contribution in [3.63, 3.8) is 0 Å². The van der Waals surface area contributed by atoms with Crippen LogP contribution in [0.5, 0.6) is 5.75 Å². The first-order valence-electron chi connectivity index (χ1n) is 2.93. The molecule has 60 valence electrons. The number of rotatable bonds is 2. The molecule has 0 atom stereocenters. The van der Waals surface area contributed by atoms with Gasteiger partial charge in [-0.2, -0.15) is 0 Å². The molecule has 4 heteroatoms. The average Bonchev–Trinajstić information content (AvgIpc) is 1.93. The van der Waals surface area contributed by atoms with Gasteiger partial charge in [0.25, 0.3) is 0 Å². The lowest BCUT2D eigenvalue weighted by Crippen LogP contribution is -1.99. The molecule has 0 aliphatic rings. The molecule has 0 fully saturated rings. The number of para-hydroxylation sites is 1. The number of alkyl halides is 2. The van der Waals surface area contributed by atoms with E-state index in [0.717, 1.165) is 4.90 Å². The zero-order valence-electron chi connectivity index (χ0n) is 5.50. The van der Waals surface area contributed by atoms with Crippen molar-refractivity contribution in [3.8, 4) is 5.75 Å². The van der Waals surface area contributed by atoms with E-state index in [1.807, 2.05) is 12.1 Å². The maximum absolute atomic E-state index is 5.39. The van der Waals surface area contributed by atoms with E-state index in [-0.39, 0.29) is 0 Å². The minimum Gasteiger partial charge on any atom is -0.460 e. The van der Waals surface area contributed by atoms with Crippen LogP contribution in [0.1, 0.15) is 0 Å². The SMILES string of the molecule is Sc1ccccc1OC(Cl)Cl. The Labute approximate surface area is 80.7 Å². The molecular formula is C7H6Cl2OS. The van der Waals surface area contributed by atoms with Gasteiger partial charge < -0.3 is 4.74 Å². The van der Waals surface area contributed by atoms with Crippen LogP contribution in [0.2, 0.25) is 0 Å². The van der Waals surface area contributed by atoms with Crippen molar-refractivity contribution in [1.82, 2.24) is 0 Å². The second-order valence-electron chi connectivity index (χ2n) is 1.85. The minimum atomic E-state index is -0.844. The van der Waals surface area contributed by atoms with Gasteiger partial charge in [0.05, 0.1) is 0 Å². The zero-order chi connectivity index (χ0) is 8.27. The summed E-state index contributed by atoms with van der Waals surface area (Å²) in [5.41, 5.74) is 0. The van der Waals surface area contributed by atoms with E-state index >= 15 is 0 Å². The van der Waals surface area contributed by atoms with Gasteiger partial charge in [0.15, 0.2) is 0 Å². The highest BCUT2D eigenvalue weighted by Gasteiger charge is 2.02. The Kier molecular flexibility index (Phi) is 3.37. The van der Waals surface area contributed by atoms with Gasteiger partial charge in [-0.3, -0.25) is 0 Å². The molecule has 0 saturated heterocycles. The van der Waals surface area contributed by atoms with E-state index < -0.39 is 5.02 Å². The van der Waals surface area contributed by atoms with E-state index in [4.69, 9.17) is 27.9 Å². The molecule has 0 aromatic heterocycles. The summed E-state index contributed by atoms with van der Waals surface area (Å²) in [4.78, 5) is 0.721. The Hall–Kier alpha value is -0.0500. The van der Waals surface area contributed by atoms with Crippen molar-refractivity contribution in [2.24, 2.45) is 0 Å². The number of halogens is 2. The lowest BCUT2D eigenvalue weighted by atomic mass is 10.3. The van der Waals surface area contributed by atoms with E-state index in [1.165, 1.54) is 0 Å². The number of thiol groups is 1. The second kappa shape index (κ2) is 4.10. The van der Waals surface area contributed by atoms with Crippen molar-refractivity contribution in [2.45, 2.75) is 9.92 Å². The smallest absolute Gasteiger partial charge is 0.247 e. The summed E-state index contributed by atoms with van der Waals surface area (Å²) in [6, 6.07) is 7.23. The molecule has 0 N–H and O–H groups in total. The second-order valence-corrected chi connectivity index (χ2v) is 3.34. The molecule has 0 amide bonds. The minimum absolute atomic E-state index is 0.589. The molecule has 0 heterocycles. The van der Waals surface area contributed by atoms with Crippen LogP contribution in [0.15, 0.2) is 29.2 Å². The molecule has 0 aliphatic heterocycles. The molecule has 0 radical (unpaired) electrons. The standard InChI is InChI=1S/C7H6Cl2OS/c8-7(9)10-5-3-1-2-4-6(5)11/h1-4,7,11H. The lowest BCUT2D eigenvalue weighted by molar-refractivity contribution is 0.346. The largest absolute Gasteiger partial charge is 0.460 e. The number of ether oxygens (including phenoxy) is 1. The van der Waals surface area contributed by atoms with Crippen molar-refractivity contribution >= 4 is 35.8 Å². The van der Waals surface area contributed by atoms with Gasteiger partial charge in [0.2, 0.25) is 5.02 Å². The number of hydrogen-bond acceptors (Lipinski definition) is 2. The van der Waals surface area contributed by atoms with Crippen LogP contribution in [0.25, 0.3) is 0 Å². The monoisotopic (exact) mass is 208 g/mol. The lowest BCUT2D eigenvalue weighted by Gasteiger charge is -2.07. The van der Waals surface area contributed by atoms with E-state index in [0.29, 0.717) is 5.75 Å². The first-order valence-corrected chi connectivity index (χ1v) is 4.25. The molecule has 0 bridgehead atoms. The molecule has 1 rings (SSSR count). The molecule has 0 saturated carbocycles. The third-order valence-corrected chi connectivity index (χ3v) is 1.63. The van der Waals surface area contributed by atoms with Gasteiger partial charge in [-0.15, -0.1) is 12.6 Å². The summed E-state index contributed by atoms with van der Waals surface area (Å²) < 4.78 is 5.00. The maximum atomic E-state index is 5.39. The van der Waals surface area contributed by atoms with Crippen molar-refractivity contribution in [1.29, 1.82) is 0 Å². The maximum Gasteiger partial charge on any atom is 0.247 e. The van der Waals surface area contributed by atoms with E-state index in [1.54, 1.807) is 12.1 Å². The fraction of sp³-hybridized carbons (Fsp3) is 0.143. The summed E-state index contributed by atoms with van der Waals surface area (Å²) in [7, 11) is 0. The van der Waals surface area contributed by atoms with E-state index in [9.17, 15) is 0 Å². The Morgan fingerprint density at radius 1 is 1.27 bits per heavy atom. The molecule has 0 aliphatic carbocycles. The average molecular weight is 209 g/mol. The van der Waals surface area contributed by atoms with Crippen molar-refractivity contribution in [2.75, 3.05) is 0 Å². The fourth-order valence-electron chi connectivity index (χ4n) is 0.653. The van der Waals surface area contributed by atoms with Crippen LogP contribution >= 0.6 is 35.8 Å². The van der Waals surface area contributed by atoms with Crippen LogP contribution < -0.4 is 4.74 Å². The van der Waals surface area contributed by atoms with Crippen LogP contribution in [0.4, 0.5) is 0 Å². The third-order valence-electron chi connectivity index (χ3n) is 1.08. The third kappa shape index (κ3) is 2.81. The van der Waals surface area contributed by atoms with Crippen LogP contribution in [-0.2, 0) is 0 Å². The van der Waals surface area contributed by atoms with Crippen LogP contribution in [0, 0.1) is 0 Å². The predicted molar refractivity (Wildman–Crippen MR) is 49.8 cm³/mol. The van der Waals surface area contributed by atoms with Gasteiger partial charge in [-0.1, -0.05) is 35.3 Å². The molecule has 1 aromatic carbocycles. The van der Waals surface area contributed by atoms with Crippen LogP contribution in [0.3, 0.4) is 0 Å². The van der Waals surface area contributed by atoms with Gasteiger partial charge in [-0.25, -0.2) is 0 Å². The molecule has 1 aromatic rings. The molecule has 0 unspecified atom stereocenters. The fourth-order valence-corrected chi connectivity index (χ4v) is 1.06. The summed E-state index contributed by atoms with van der Waals surface area (Å²) in [5.74, 6) is 0.589. The Morgan fingerprint density at radius 3 is 2.45 bits per heavy atom. The number of hydrogen-bond donors (Lipinski definition) is 1. The molecule has 0 spiro atoms. The van der Waals surface area contributed by atoms with Crippen molar-refractivity contribution in [3.05, 3.63) is 24.3 Å². The summed E-state index contributed by atoms with van der Waals surface area (Å²) in [6.07, 6.45) is 0. The van der Waals surface area contributed by atoms with Gasteiger partial charge in [0, 0.05) is 4.90 Å².